The summed E-state index contributed by atoms with van der Waals surface area (Å²) in [6.07, 6.45) is 1.18. The van der Waals surface area contributed by atoms with Gasteiger partial charge in [-0.05, 0) is 28.4 Å². The molecule has 0 unspecified atom stereocenters. The van der Waals surface area contributed by atoms with Gasteiger partial charge >= 0.3 is 0 Å². The molecule has 0 bridgehead atoms. The molecular weight excluding hydrogens is 320 g/mol. The highest BCUT2D eigenvalue weighted by molar-refractivity contribution is 9.10. The van der Waals surface area contributed by atoms with Crippen molar-refractivity contribution >= 4 is 27.3 Å². The molecule has 1 fully saturated rings. The third kappa shape index (κ3) is 2.80. The van der Waals surface area contributed by atoms with E-state index in [1.165, 1.54) is 0 Å². The molecule has 1 aliphatic rings. The number of hydrogen-bond acceptors (Lipinski definition) is 6. The van der Waals surface area contributed by atoms with Gasteiger partial charge in [0.05, 0.1) is 24.5 Å². The third-order valence-corrected chi connectivity index (χ3v) is 4.18. The zero-order valence-electron chi connectivity index (χ0n) is 9.47. The van der Waals surface area contributed by atoms with Gasteiger partial charge in [0.15, 0.2) is 6.29 Å². The molecule has 2 aromatic heterocycles. The molecule has 18 heavy (non-hydrogen) atoms. The van der Waals surface area contributed by atoms with E-state index in [2.05, 4.69) is 26.1 Å². The molecule has 3 heterocycles. The first-order chi connectivity index (χ1) is 8.81. The van der Waals surface area contributed by atoms with Gasteiger partial charge in [0.1, 0.15) is 0 Å². The van der Waals surface area contributed by atoms with E-state index >= 15 is 0 Å². The molecular formula is C11H11BrN2O3S. The van der Waals surface area contributed by atoms with Gasteiger partial charge in [-0.3, -0.25) is 0 Å². The Hall–Kier alpha value is -0.760. The monoisotopic (exact) mass is 330 g/mol. The minimum absolute atomic E-state index is 0.262. The van der Waals surface area contributed by atoms with Crippen LogP contribution in [0.25, 0.3) is 10.7 Å². The van der Waals surface area contributed by atoms with Gasteiger partial charge in [0, 0.05) is 9.85 Å². The second kappa shape index (κ2) is 5.48. The summed E-state index contributed by atoms with van der Waals surface area (Å²) >= 11 is 4.97. The molecule has 0 atom stereocenters. The van der Waals surface area contributed by atoms with E-state index in [-0.39, 0.29) is 6.29 Å². The molecule has 1 aliphatic heterocycles. The molecule has 5 nitrogen and oxygen atoms in total. The summed E-state index contributed by atoms with van der Waals surface area (Å²) in [5, 5.41) is 5.94. The van der Waals surface area contributed by atoms with Crippen LogP contribution in [0.4, 0.5) is 0 Å². The predicted octanol–water partition coefficient (Wildman–Crippen LogP) is 2.87. The van der Waals surface area contributed by atoms with E-state index in [9.17, 15) is 0 Å². The molecule has 0 spiro atoms. The lowest BCUT2D eigenvalue weighted by Gasteiger charge is -2.21. The molecule has 0 radical (unpaired) electrons. The zero-order valence-corrected chi connectivity index (χ0v) is 11.9. The summed E-state index contributed by atoms with van der Waals surface area (Å²) in [6.45, 7) is 1.45. The fraction of sp³-hybridized carbons (Fsp3) is 0.455. The van der Waals surface area contributed by atoms with Crippen LogP contribution in [-0.2, 0) is 15.9 Å². The van der Waals surface area contributed by atoms with E-state index in [1.807, 2.05) is 11.4 Å². The van der Waals surface area contributed by atoms with Crippen LogP contribution >= 0.6 is 27.3 Å². The maximum absolute atomic E-state index is 5.45. The van der Waals surface area contributed by atoms with Crippen molar-refractivity contribution in [1.82, 2.24) is 10.1 Å². The molecule has 0 saturated carbocycles. The normalized spacial score (nSPS) is 17.2. The van der Waals surface area contributed by atoms with Crippen molar-refractivity contribution < 1.29 is 14.0 Å². The summed E-state index contributed by atoms with van der Waals surface area (Å²) in [6, 6.07) is 1.97. The van der Waals surface area contributed by atoms with Gasteiger partial charge in [-0.1, -0.05) is 5.16 Å². The van der Waals surface area contributed by atoms with Crippen LogP contribution < -0.4 is 0 Å². The zero-order chi connectivity index (χ0) is 12.4. The molecule has 1 saturated heterocycles. The number of ether oxygens (including phenoxy) is 2. The Balaban J connectivity index is 1.69. The number of thiophene rings is 1. The lowest BCUT2D eigenvalue weighted by molar-refractivity contribution is -0.179. The topological polar surface area (TPSA) is 57.4 Å². The Bertz CT molecular complexity index is 522. The van der Waals surface area contributed by atoms with Crippen LogP contribution in [0.5, 0.6) is 0 Å². The molecule has 0 amide bonds. The first-order valence-corrected chi connectivity index (χ1v) is 7.29. The van der Waals surface area contributed by atoms with Crippen molar-refractivity contribution in [3.63, 3.8) is 0 Å². The molecule has 0 aromatic carbocycles. The van der Waals surface area contributed by atoms with Crippen molar-refractivity contribution in [2.24, 2.45) is 0 Å². The summed E-state index contributed by atoms with van der Waals surface area (Å²) in [7, 11) is 0. The molecule has 3 rings (SSSR count). The average molecular weight is 331 g/mol. The lowest BCUT2D eigenvalue weighted by Crippen LogP contribution is -2.26. The largest absolute Gasteiger partial charge is 0.352 e. The summed E-state index contributed by atoms with van der Waals surface area (Å²) in [4.78, 5) is 5.31. The first kappa shape index (κ1) is 12.3. The second-order valence-electron chi connectivity index (χ2n) is 3.87. The Labute approximate surface area is 116 Å². The van der Waals surface area contributed by atoms with Gasteiger partial charge in [0.25, 0.3) is 0 Å². The van der Waals surface area contributed by atoms with E-state index in [0.29, 0.717) is 18.1 Å². The highest BCUT2D eigenvalue weighted by atomic mass is 79.9. The smallest absolute Gasteiger partial charge is 0.232 e. The molecule has 96 valence electrons. The lowest BCUT2D eigenvalue weighted by atomic mass is 10.3. The van der Waals surface area contributed by atoms with Gasteiger partial charge in [-0.2, -0.15) is 4.98 Å². The second-order valence-corrected chi connectivity index (χ2v) is 5.70. The fourth-order valence-electron chi connectivity index (χ4n) is 1.67. The summed E-state index contributed by atoms with van der Waals surface area (Å²) in [5.74, 6) is 1.15. The van der Waals surface area contributed by atoms with Crippen LogP contribution in [0.1, 0.15) is 12.3 Å². The van der Waals surface area contributed by atoms with Gasteiger partial charge in [-0.15, -0.1) is 11.3 Å². The van der Waals surface area contributed by atoms with Crippen LogP contribution in [0.2, 0.25) is 0 Å². The molecule has 2 aromatic rings. The van der Waals surface area contributed by atoms with Crippen molar-refractivity contribution in [2.45, 2.75) is 19.1 Å². The highest BCUT2D eigenvalue weighted by Gasteiger charge is 2.19. The van der Waals surface area contributed by atoms with Crippen molar-refractivity contribution in [3.8, 4) is 10.7 Å². The number of halogens is 1. The minimum atomic E-state index is -0.262. The summed E-state index contributed by atoms with van der Waals surface area (Å²) in [5.41, 5.74) is 0. The minimum Gasteiger partial charge on any atom is -0.352 e. The Kier molecular flexibility index (Phi) is 3.74. The Morgan fingerprint density at radius 3 is 2.94 bits per heavy atom. The van der Waals surface area contributed by atoms with Crippen molar-refractivity contribution in [2.75, 3.05) is 13.2 Å². The Morgan fingerprint density at radius 2 is 2.22 bits per heavy atom. The van der Waals surface area contributed by atoms with Crippen LogP contribution in [-0.4, -0.2) is 29.6 Å². The number of nitrogens with zero attached hydrogens (tertiary/aromatic N) is 2. The van der Waals surface area contributed by atoms with Gasteiger partial charge < -0.3 is 14.0 Å². The van der Waals surface area contributed by atoms with E-state index in [0.717, 1.165) is 29.0 Å². The number of rotatable bonds is 3. The summed E-state index contributed by atoms with van der Waals surface area (Å²) < 4.78 is 17.1. The SMILES string of the molecule is Brc1csc(-c2noc(CC3OCCCO3)n2)c1. The van der Waals surface area contributed by atoms with Crippen molar-refractivity contribution in [1.29, 1.82) is 0 Å². The standard InChI is InChI=1S/C11H11BrN2O3S/c12-7-4-8(18-6-7)11-13-9(17-14-11)5-10-15-2-1-3-16-10/h4,6,10H,1-3,5H2. The average Bonchev–Trinajstić information content (AvgIpc) is 2.99. The van der Waals surface area contributed by atoms with E-state index < -0.39 is 0 Å². The maximum Gasteiger partial charge on any atom is 0.232 e. The number of hydrogen-bond donors (Lipinski definition) is 0. The molecule has 0 N–H and O–H groups in total. The van der Waals surface area contributed by atoms with Gasteiger partial charge in [-0.25, -0.2) is 0 Å². The van der Waals surface area contributed by atoms with Crippen LogP contribution in [0.15, 0.2) is 20.4 Å². The van der Waals surface area contributed by atoms with Crippen LogP contribution in [0, 0.1) is 0 Å². The quantitative estimate of drug-likeness (QED) is 0.866. The van der Waals surface area contributed by atoms with Gasteiger partial charge in [0.2, 0.25) is 11.7 Å². The predicted molar refractivity (Wildman–Crippen MR) is 69.3 cm³/mol. The van der Waals surface area contributed by atoms with E-state index in [1.54, 1.807) is 11.3 Å². The van der Waals surface area contributed by atoms with E-state index in [4.69, 9.17) is 14.0 Å². The molecule has 0 aliphatic carbocycles. The molecule has 7 heteroatoms. The van der Waals surface area contributed by atoms with Crippen molar-refractivity contribution in [3.05, 3.63) is 21.8 Å². The van der Waals surface area contributed by atoms with Crippen LogP contribution in [0.3, 0.4) is 0 Å². The highest BCUT2D eigenvalue weighted by Crippen LogP contribution is 2.27. The Morgan fingerprint density at radius 1 is 1.39 bits per heavy atom. The maximum atomic E-state index is 5.45. The third-order valence-electron chi connectivity index (χ3n) is 2.49. The first-order valence-electron chi connectivity index (χ1n) is 5.61. The fourth-order valence-corrected chi connectivity index (χ4v) is 3.02. The number of aromatic nitrogens is 2.